The second-order valence-corrected chi connectivity index (χ2v) is 6.82. The SMILES string of the molecule is Cc1cnccc1C(=O)N1CCN(C(=O)c2cccc3c(C#N)c[nH]c23)CC1. The zero-order valence-corrected chi connectivity index (χ0v) is 15.5. The molecule has 7 heteroatoms. The first-order chi connectivity index (χ1) is 13.6. The molecule has 28 heavy (non-hydrogen) atoms. The minimum absolute atomic E-state index is 0.0304. The van der Waals surface area contributed by atoms with Gasteiger partial charge in [-0.2, -0.15) is 5.26 Å². The largest absolute Gasteiger partial charge is 0.359 e. The van der Waals surface area contributed by atoms with Gasteiger partial charge in [0.1, 0.15) is 6.07 Å². The molecule has 1 aromatic carbocycles. The molecule has 0 atom stereocenters. The maximum atomic E-state index is 13.0. The summed E-state index contributed by atoms with van der Waals surface area (Å²) in [6.45, 7) is 3.77. The Balaban J connectivity index is 1.49. The van der Waals surface area contributed by atoms with E-state index >= 15 is 0 Å². The van der Waals surface area contributed by atoms with E-state index in [1.165, 1.54) is 0 Å². The van der Waals surface area contributed by atoms with Gasteiger partial charge in [0.25, 0.3) is 11.8 Å². The van der Waals surface area contributed by atoms with Crippen LogP contribution in [0, 0.1) is 18.3 Å². The van der Waals surface area contributed by atoms with Crippen molar-refractivity contribution in [3.63, 3.8) is 0 Å². The standard InChI is InChI=1S/C21H19N5O2/c1-14-12-23-6-5-16(14)20(27)25-7-9-26(10-8-25)21(28)18-4-2-3-17-15(11-22)13-24-19(17)18/h2-6,12-13,24H,7-10H2,1H3. The summed E-state index contributed by atoms with van der Waals surface area (Å²) < 4.78 is 0. The van der Waals surface area contributed by atoms with Crippen LogP contribution in [0.4, 0.5) is 0 Å². The van der Waals surface area contributed by atoms with E-state index in [1.807, 2.05) is 13.0 Å². The second kappa shape index (κ2) is 7.16. The number of nitrogens with zero attached hydrogens (tertiary/aromatic N) is 4. The van der Waals surface area contributed by atoms with Crippen molar-refractivity contribution in [2.75, 3.05) is 26.2 Å². The van der Waals surface area contributed by atoms with Crippen LogP contribution in [0.5, 0.6) is 0 Å². The Labute approximate surface area is 162 Å². The zero-order chi connectivity index (χ0) is 19.7. The number of nitrogens with one attached hydrogen (secondary N) is 1. The second-order valence-electron chi connectivity index (χ2n) is 6.82. The van der Waals surface area contributed by atoms with Crippen LogP contribution in [0.2, 0.25) is 0 Å². The molecule has 3 heterocycles. The zero-order valence-electron chi connectivity index (χ0n) is 15.5. The number of hydrogen-bond acceptors (Lipinski definition) is 4. The molecule has 0 saturated carbocycles. The molecule has 1 saturated heterocycles. The van der Waals surface area contributed by atoms with Gasteiger partial charge in [0, 0.05) is 55.7 Å². The molecule has 1 aliphatic rings. The Bertz CT molecular complexity index is 1100. The Morgan fingerprint density at radius 3 is 2.39 bits per heavy atom. The molecule has 140 valence electrons. The first-order valence-corrected chi connectivity index (χ1v) is 9.09. The average Bonchev–Trinajstić information content (AvgIpc) is 3.16. The van der Waals surface area contributed by atoms with Crippen molar-refractivity contribution in [3.05, 3.63) is 65.1 Å². The van der Waals surface area contributed by atoms with Gasteiger partial charge in [0.15, 0.2) is 0 Å². The van der Waals surface area contributed by atoms with Crippen molar-refractivity contribution in [1.29, 1.82) is 5.26 Å². The number of pyridine rings is 1. The molecule has 1 fully saturated rings. The molecule has 3 aromatic rings. The minimum atomic E-state index is -0.0934. The monoisotopic (exact) mass is 373 g/mol. The number of para-hydroxylation sites is 1. The highest BCUT2D eigenvalue weighted by Gasteiger charge is 2.27. The van der Waals surface area contributed by atoms with Gasteiger partial charge in [-0.1, -0.05) is 12.1 Å². The van der Waals surface area contributed by atoms with Crippen molar-refractivity contribution in [3.8, 4) is 6.07 Å². The number of H-pyrrole nitrogens is 1. The van der Waals surface area contributed by atoms with Crippen LogP contribution in [-0.2, 0) is 0 Å². The average molecular weight is 373 g/mol. The van der Waals surface area contributed by atoms with Gasteiger partial charge in [-0.25, -0.2) is 0 Å². The highest BCUT2D eigenvalue weighted by Crippen LogP contribution is 2.23. The summed E-state index contributed by atoms with van der Waals surface area (Å²) in [4.78, 5) is 36.4. The van der Waals surface area contributed by atoms with Crippen molar-refractivity contribution >= 4 is 22.7 Å². The summed E-state index contributed by atoms with van der Waals surface area (Å²) in [5, 5.41) is 9.94. The number of aromatic amines is 1. The Hall–Kier alpha value is -3.66. The number of rotatable bonds is 2. The number of aryl methyl sites for hydroxylation is 1. The third-order valence-corrected chi connectivity index (χ3v) is 5.17. The van der Waals surface area contributed by atoms with E-state index in [9.17, 15) is 14.9 Å². The van der Waals surface area contributed by atoms with E-state index in [2.05, 4.69) is 16.0 Å². The number of nitriles is 1. The smallest absolute Gasteiger partial charge is 0.256 e. The summed E-state index contributed by atoms with van der Waals surface area (Å²) in [5.41, 5.74) is 3.24. The number of aromatic nitrogens is 2. The molecule has 7 nitrogen and oxygen atoms in total. The molecular weight excluding hydrogens is 354 g/mol. The topological polar surface area (TPSA) is 93.1 Å². The third-order valence-electron chi connectivity index (χ3n) is 5.17. The van der Waals surface area contributed by atoms with E-state index in [0.29, 0.717) is 48.4 Å². The van der Waals surface area contributed by atoms with E-state index in [-0.39, 0.29) is 11.8 Å². The van der Waals surface area contributed by atoms with Gasteiger partial charge >= 0.3 is 0 Å². The van der Waals surface area contributed by atoms with Crippen molar-refractivity contribution < 1.29 is 9.59 Å². The molecule has 0 radical (unpaired) electrons. The van der Waals surface area contributed by atoms with Crippen LogP contribution in [0.25, 0.3) is 10.9 Å². The van der Waals surface area contributed by atoms with Gasteiger partial charge in [0.2, 0.25) is 0 Å². The molecule has 0 bridgehead atoms. The lowest BCUT2D eigenvalue weighted by Crippen LogP contribution is -2.50. The molecule has 1 aliphatic heterocycles. The molecule has 0 unspecified atom stereocenters. The van der Waals surface area contributed by atoms with Crippen molar-refractivity contribution in [2.45, 2.75) is 6.92 Å². The number of carbonyl (C=O) groups excluding carboxylic acids is 2. The molecule has 0 spiro atoms. The first kappa shape index (κ1) is 17.7. The summed E-state index contributed by atoms with van der Waals surface area (Å²) in [5.74, 6) is -0.124. The lowest BCUT2D eigenvalue weighted by Gasteiger charge is -2.35. The van der Waals surface area contributed by atoms with Crippen LogP contribution < -0.4 is 0 Å². The summed E-state index contributed by atoms with van der Waals surface area (Å²) >= 11 is 0. The predicted molar refractivity (Wildman–Crippen MR) is 104 cm³/mol. The van der Waals surface area contributed by atoms with Gasteiger partial charge in [0.05, 0.1) is 16.6 Å². The van der Waals surface area contributed by atoms with Crippen LogP contribution in [0.15, 0.2) is 42.9 Å². The normalized spacial score (nSPS) is 14.1. The molecule has 2 amide bonds. The maximum absolute atomic E-state index is 13.0. The quantitative estimate of drug-likeness (QED) is 0.746. The summed E-state index contributed by atoms with van der Waals surface area (Å²) in [7, 11) is 0. The van der Waals surface area contributed by atoms with Gasteiger partial charge in [-0.15, -0.1) is 0 Å². The van der Waals surface area contributed by atoms with E-state index in [0.717, 1.165) is 10.9 Å². The van der Waals surface area contributed by atoms with Crippen molar-refractivity contribution in [2.24, 2.45) is 0 Å². The number of piperazine rings is 1. The van der Waals surface area contributed by atoms with Gasteiger partial charge in [-0.05, 0) is 24.6 Å². The first-order valence-electron chi connectivity index (χ1n) is 9.09. The van der Waals surface area contributed by atoms with Crippen LogP contribution >= 0.6 is 0 Å². The molecule has 1 N–H and O–H groups in total. The van der Waals surface area contributed by atoms with E-state index in [1.54, 1.807) is 46.6 Å². The predicted octanol–water partition coefficient (Wildman–Crippen LogP) is 2.34. The van der Waals surface area contributed by atoms with Crippen LogP contribution in [0.1, 0.15) is 31.8 Å². The fraction of sp³-hybridized carbons (Fsp3) is 0.238. The molecular formula is C21H19N5O2. The van der Waals surface area contributed by atoms with E-state index in [4.69, 9.17) is 0 Å². The van der Waals surface area contributed by atoms with Crippen molar-refractivity contribution in [1.82, 2.24) is 19.8 Å². The Morgan fingerprint density at radius 1 is 1.07 bits per heavy atom. The van der Waals surface area contributed by atoms with Crippen LogP contribution in [-0.4, -0.2) is 57.8 Å². The lowest BCUT2D eigenvalue weighted by atomic mass is 10.1. The Kier molecular flexibility index (Phi) is 4.53. The fourth-order valence-corrected chi connectivity index (χ4v) is 3.59. The molecule has 0 aliphatic carbocycles. The highest BCUT2D eigenvalue weighted by atomic mass is 16.2. The summed E-state index contributed by atoms with van der Waals surface area (Å²) in [6.07, 6.45) is 4.92. The Morgan fingerprint density at radius 2 is 1.75 bits per heavy atom. The molecule has 2 aromatic heterocycles. The minimum Gasteiger partial charge on any atom is -0.359 e. The lowest BCUT2D eigenvalue weighted by molar-refractivity contribution is 0.0536. The van der Waals surface area contributed by atoms with Gasteiger partial charge < -0.3 is 14.8 Å². The highest BCUT2D eigenvalue weighted by molar-refractivity contribution is 6.07. The van der Waals surface area contributed by atoms with E-state index < -0.39 is 0 Å². The number of benzene rings is 1. The number of carbonyl (C=O) groups is 2. The number of fused-ring (bicyclic) bond motifs is 1. The van der Waals surface area contributed by atoms with Crippen LogP contribution in [0.3, 0.4) is 0 Å². The third kappa shape index (κ3) is 2.99. The fourth-order valence-electron chi connectivity index (χ4n) is 3.59. The molecule has 4 rings (SSSR count). The number of hydrogen-bond donors (Lipinski definition) is 1. The maximum Gasteiger partial charge on any atom is 0.256 e. The summed E-state index contributed by atoms with van der Waals surface area (Å²) in [6, 6.07) is 9.24. The number of amides is 2. The van der Waals surface area contributed by atoms with Gasteiger partial charge in [-0.3, -0.25) is 14.6 Å².